The topological polar surface area (TPSA) is 78.6 Å². The zero-order valence-electron chi connectivity index (χ0n) is 16.6. The van der Waals surface area contributed by atoms with Crippen LogP contribution in [0.25, 0.3) is 11.3 Å². The van der Waals surface area contributed by atoms with E-state index >= 15 is 0 Å². The number of rotatable bonds is 5. The number of hydrogen-bond acceptors (Lipinski definition) is 5. The molecule has 0 saturated carbocycles. The van der Waals surface area contributed by atoms with Gasteiger partial charge in [0.05, 0.1) is 17.8 Å². The Kier molecular flexibility index (Phi) is 7.92. The van der Waals surface area contributed by atoms with Crippen LogP contribution in [0.15, 0.2) is 64.3 Å². The summed E-state index contributed by atoms with van der Waals surface area (Å²) in [5.74, 6) is 2.90. The van der Waals surface area contributed by atoms with Gasteiger partial charge in [-0.15, -0.1) is 24.0 Å². The number of benzene rings is 1. The van der Waals surface area contributed by atoms with Gasteiger partial charge in [0.15, 0.2) is 11.7 Å². The van der Waals surface area contributed by atoms with Crippen molar-refractivity contribution in [2.45, 2.75) is 19.0 Å². The predicted molar refractivity (Wildman–Crippen MR) is 131 cm³/mol. The number of oxazole rings is 1. The van der Waals surface area contributed by atoms with E-state index in [2.05, 4.69) is 30.5 Å². The maximum atomic E-state index is 6.27. The normalized spacial score (nSPS) is 16.3. The summed E-state index contributed by atoms with van der Waals surface area (Å²) in [7, 11) is 1.75. The van der Waals surface area contributed by atoms with Crippen molar-refractivity contribution in [3.8, 4) is 11.3 Å². The third kappa shape index (κ3) is 5.42. The molecule has 30 heavy (non-hydrogen) atoms. The number of anilines is 1. The molecule has 1 fully saturated rings. The lowest BCUT2D eigenvalue weighted by Crippen LogP contribution is -2.44. The van der Waals surface area contributed by atoms with Crippen LogP contribution in [0.3, 0.4) is 0 Å². The Labute approximate surface area is 198 Å². The second kappa shape index (κ2) is 10.6. The molecule has 3 aromatic rings. The van der Waals surface area contributed by atoms with Crippen molar-refractivity contribution in [2.24, 2.45) is 4.99 Å². The summed E-state index contributed by atoms with van der Waals surface area (Å²) in [6, 6.07) is 13.9. The molecule has 2 N–H and O–H groups in total. The molecule has 1 aliphatic rings. The predicted octanol–water partition coefficient (Wildman–Crippen LogP) is 3.95. The molecule has 4 rings (SSSR count). The number of nitrogens with zero attached hydrogens (tertiary/aromatic N) is 4. The van der Waals surface area contributed by atoms with E-state index in [1.807, 2.05) is 42.5 Å². The van der Waals surface area contributed by atoms with E-state index < -0.39 is 0 Å². The Morgan fingerprint density at radius 2 is 2.07 bits per heavy atom. The lowest BCUT2D eigenvalue weighted by molar-refractivity contribution is 0.496. The molecular weight excluding hydrogens is 515 g/mol. The van der Waals surface area contributed by atoms with Crippen LogP contribution in [0.5, 0.6) is 0 Å². The van der Waals surface area contributed by atoms with Gasteiger partial charge < -0.3 is 20.0 Å². The van der Waals surface area contributed by atoms with Gasteiger partial charge in [0.25, 0.3) is 0 Å². The van der Waals surface area contributed by atoms with Gasteiger partial charge in [0, 0.05) is 37.9 Å². The van der Waals surface area contributed by atoms with E-state index in [1.54, 1.807) is 19.4 Å². The standard InChI is InChI=1S/C21H23ClN6O.HI/c1-23-21(26-13-19-25-12-18(29-19)15-6-3-2-4-7-15)27-16-9-11-28(14-16)20-17(22)8-5-10-24-20;/h2-8,10,12,16H,9,11,13-14H2,1H3,(H2,23,26,27);1H. The number of halogens is 2. The van der Waals surface area contributed by atoms with Gasteiger partial charge in [-0.25, -0.2) is 9.97 Å². The quantitative estimate of drug-likeness (QED) is 0.291. The SMILES string of the molecule is CN=C(NCc1ncc(-c2ccccc2)o1)NC1CCN(c2ncccc2Cl)C1.I. The smallest absolute Gasteiger partial charge is 0.214 e. The van der Waals surface area contributed by atoms with E-state index in [-0.39, 0.29) is 30.0 Å². The summed E-state index contributed by atoms with van der Waals surface area (Å²) in [6.45, 7) is 2.16. The molecule has 1 unspecified atom stereocenters. The molecule has 158 valence electrons. The zero-order chi connectivity index (χ0) is 20.1. The van der Waals surface area contributed by atoms with Crippen LogP contribution in [0.2, 0.25) is 5.02 Å². The number of aliphatic imine (C=N–C) groups is 1. The van der Waals surface area contributed by atoms with E-state index in [4.69, 9.17) is 16.0 Å². The molecule has 0 radical (unpaired) electrons. The first-order valence-electron chi connectivity index (χ1n) is 9.55. The molecule has 1 aliphatic heterocycles. The van der Waals surface area contributed by atoms with Gasteiger partial charge in [-0.1, -0.05) is 41.9 Å². The molecule has 0 aliphatic carbocycles. The molecule has 7 nitrogen and oxygen atoms in total. The molecule has 0 bridgehead atoms. The molecule has 9 heteroatoms. The first-order chi connectivity index (χ1) is 14.2. The maximum Gasteiger partial charge on any atom is 0.214 e. The minimum absolute atomic E-state index is 0. The van der Waals surface area contributed by atoms with Crippen molar-refractivity contribution >= 4 is 47.4 Å². The summed E-state index contributed by atoms with van der Waals surface area (Å²) >= 11 is 6.27. The summed E-state index contributed by atoms with van der Waals surface area (Å²) < 4.78 is 5.84. The van der Waals surface area contributed by atoms with Gasteiger partial charge >= 0.3 is 0 Å². The minimum Gasteiger partial charge on any atom is -0.439 e. The molecular formula is C21H24ClIN6O. The number of pyridine rings is 1. The van der Waals surface area contributed by atoms with Crippen molar-refractivity contribution < 1.29 is 4.42 Å². The summed E-state index contributed by atoms with van der Waals surface area (Å²) in [4.78, 5) is 15.2. The Morgan fingerprint density at radius 1 is 1.23 bits per heavy atom. The average Bonchev–Trinajstić information content (AvgIpc) is 3.42. The highest BCUT2D eigenvalue weighted by molar-refractivity contribution is 14.0. The Bertz CT molecular complexity index is 980. The van der Waals surface area contributed by atoms with Gasteiger partial charge in [0.1, 0.15) is 5.82 Å². The highest BCUT2D eigenvalue weighted by atomic mass is 127. The number of guanidine groups is 1. The largest absolute Gasteiger partial charge is 0.439 e. The molecule has 1 aromatic carbocycles. The van der Waals surface area contributed by atoms with Crippen LogP contribution in [-0.2, 0) is 6.54 Å². The lowest BCUT2D eigenvalue weighted by atomic mass is 10.2. The Hall–Kier alpha value is -2.33. The van der Waals surface area contributed by atoms with Crippen molar-refractivity contribution in [2.75, 3.05) is 25.0 Å². The third-order valence-electron chi connectivity index (χ3n) is 4.81. The fourth-order valence-corrected chi connectivity index (χ4v) is 3.60. The van der Waals surface area contributed by atoms with Crippen LogP contribution in [0, 0.1) is 0 Å². The van der Waals surface area contributed by atoms with Crippen LogP contribution >= 0.6 is 35.6 Å². The summed E-state index contributed by atoms with van der Waals surface area (Å²) in [5.41, 5.74) is 1.01. The fourth-order valence-electron chi connectivity index (χ4n) is 3.36. The van der Waals surface area contributed by atoms with Crippen LogP contribution < -0.4 is 15.5 Å². The van der Waals surface area contributed by atoms with E-state index in [9.17, 15) is 0 Å². The summed E-state index contributed by atoms with van der Waals surface area (Å²) in [6.07, 6.45) is 4.49. The first kappa shape index (κ1) is 22.4. The third-order valence-corrected chi connectivity index (χ3v) is 5.11. The highest BCUT2D eigenvalue weighted by Crippen LogP contribution is 2.25. The second-order valence-electron chi connectivity index (χ2n) is 6.79. The van der Waals surface area contributed by atoms with Crippen LogP contribution in [0.4, 0.5) is 5.82 Å². The van der Waals surface area contributed by atoms with E-state index in [0.717, 1.165) is 36.7 Å². The van der Waals surface area contributed by atoms with Gasteiger partial charge in [-0.3, -0.25) is 4.99 Å². The molecule has 3 heterocycles. The molecule has 1 atom stereocenters. The number of aromatic nitrogens is 2. The maximum absolute atomic E-state index is 6.27. The van der Waals surface area contributed by atoms with Crippen molar-refractivity contribution in [3.05, 3.63) is 65.8 Å². The minimum atomic E-state index is 0. The lowest BCUT2D eigenvalue weighted by Gasteiger charge is -2.20. The van der Waals surface area contributed by atoms with Gasteiger partial charge in [-0.2, -0.15) is 0 Å². The second-order valence-corrected chi connectivity index (χ2v) is 7.20. The van der Waals surface area contributed by atoms with E-state index in [1.165, 1.54) is 0 Å². The fraction of sp³-hybridized carbons (Fsp3) is 0.286. The molecule has 0 amide bonds. The number of hydrogen-bond donors (Lipinski definition) is 2. The molecule has 2 aromatic heterocycles. The molecule has 1 saturated heterocycles. The van der Waals surface area contributed by atoms with Crippen molar-refractivity contribution in [3.63, 3.8) is 0 Å². The van der Waals surface area contributed by atoms with Gasteiger partial charge in [0.2, 0.25) is 5.89 Å². The average molecular weight is 539 g/mol. The van der Waals surface area contributed by atoms with Crippen LogP contribution in [-0.4, -0.2) is 42.1 Å². The van der Waals surface area contributed by atoms with Gasteiger partial charge in [-0.05, 0) is 18.6 Å². The zero-order valence-corrected chi connectivity index (χ0v) is 19.7. The van der Waals surface area contributed by atoms with Crippen molar-refractivity contribution in [1.29, 1.82) is 0 Å². The van der Waals surface area contributed by atoms with Crippen molar-refractivity contribution in [1.82, 2.24) is 20.6 Å². The Balaban J connectivity index is 0.00000256. The monoisotopic (exact) mass is 538 g/mol. The highest BCUT2D eigenvalue weighted by Gasteiger charge is 2.25. The first-order valence-corrected chi connectivity index (χ1v) is 9.93. The van der Waals surface area contributed by atoms with E-state index in [0.29, 0.717) is 23.4 Å². The van der Waals surface area contributed by atoms with Crippen LogP contribution in [0.1, 0.15) is 12.3 Å². The molecule has 0 spiro atoms. The number of nitrogens with one attached hydrogen (secondary N) is 2. The Morgan fingerprint density at radius 3 is 2.83 bits per heavy atom. The summed E-state index contributed by atoms with van der Waals surface area (Å²) in [5, 5.41) is 7.39.